The first-order valence-corrected chi connectivity index (χ1v) is 7.57. The minimum absolute atomic E-state index is 0.110. The van der Waals surface area contributed by atoms with E-state index in [0.29, 0.717) is 23.8 Å². The zero-order chi connectivity index (χ0) is 18.1. The van der Waals surface area contributed by atoms with Crippen molar-refractivity contribution in [1.29, 1.82) is 0 Å². The van der Waals surface area contributed by atoms with Crippen molar-refractivity contribution in [3.05, 3.63) is 53.6 Å². The smallest absolute Gasteiger partial charge is 0.162 e. The molecule has 2 aromatic carbocycles. The molecule has 6 heteroatoms. The number of aromatic carboxylic acids is 1. The van der Waals surface area contributed by atoms with Crippen LogP contribution in [0.1, 0.15) is 22.8 Å². The van der Waals surface area contributed by atoms with E-state index in [-0.39, 0.29) is 12.2 Å². The predicted molar refractivity (Wildman–Crippen MR) is 93.9 cm³/mol. The summed E-state index contributed by atoms with van der Waals surface area (Å²) in [4.78, 5) is 10.7. The average Bonchev–Trinajstić information content (AvgIpc) is 2.62. The largest absolute Gasteiger partial charge is 0.545 e. The number of nitrogens with one attached hydrogen (secondary N) is 1. The van der Waals surface area contributed by atoms with Crippen molar-refractivity contribution in [3.63, 3.8) is 0 Å². The third-order valence-electron chi connectivity index (χ3n) is 3.11. The minimum Gasteiger partial charge on any atom is -0.545 e. The van der Waals surface area contributed by atoms with Crippen LogP contribution < -0.4 is 20.0 Å². The first kappa shape index (κ1) is 17.9. The summed E-state index contributed by atoms with van der Waals surface area (Å²) in [5.74, 6) is 2.35. The number of anilines is 1. The molecule has 0 fully saturated rings. The first-order valence-electron chi connectivity index (χ1n) is 7.57. The molecule has 2 aromatic rings. The number of carboxylic acid groups (broad SMARTS) is 1. The van der Waals surface area contributed by atoms with Gasteiger partial charge in [-0.05, 0) is 48.4 Å². The van der Waals surface area contributed by atoms with Crippen molar-refractivity contribution in [2.45, 2.75) is 6.92 Å². The van der Waals surface area contributed by atoms with E-state index in [1.165, 1.54) is 12.1 Å². The predicted octanol–water partition coefficient (Wildman–Crippen LogP) is 1.91. The van der Waals surface area contributed by atoms with Gasteiger partial charge in [0, 0.05) is 0 Å². The molecule has 0 amide bonds. The average molecular weight is 337 g/mol. The fourth-order valence-electron chi connectivity index (χ4n) is 1.97. The Kier molecular flexibility index (Phi) is 6.43. The molecule has 0 atom stereocenters. The van der Waals surface area contributed by atoms with Gasteiger partial charge in [-0.25, -0.2) is 0 Å². The third kappa shape index (κ3) is 5.29. The van der Waals surface area contributed by atoms with E-state index in [4.69, 9.17) is 15.9 Å². The number of carbonyl (C=O) groups is 1. The molecule has 0 aromatic heterocycles. The number of hydrogen-bond donors (Lipinski definition) is 1. The Balaban J connectivity index is 2.05. The van der Waals surface area contributed by atoms with Gasteiger partial charge >= 0.3 is 0 Å². The van der Waals surface area contributed by atoms with Crippen LogP contribution in [0.5, 0.6) is 11.5 Å². The van der Waals surface area contributed by atoms with E-state index in [1.54, 1.807) is 30.5 Å². The number of carbonyl (C=O) groups excluding carboxylic acids is 1. The van der Waals surface area contributed by atoms with E-state index >= 15 is 0 Å². The molecule has 0 spiro atoms. The number of rotatable bonds is 8. The van der Waals surface area contributed by atoms with Gasteiger partial charge in [0.15, 0.2) is 11.5 Å². The number of carboxylic acids is 1. The molecule has 0 aliphatic carbocycles. The summed E-state index contributed by atoms with van der Waals surface area (Å²) < 4.78 is 11.0. The lowest BCUT2D eigenvalue weighted by Gasteiger charge is -2.10. The number of nitrogens with zero attached hydrogens (tertiary/aromatic N) is 1. The Hall–Kier alpha value is -3.46. The van der Waals surface area contributed by atoms with Gasteiger partial charge in [-0.2, -0.15) is 5.10 Å². The van der Waals surface area contributed by atoms with Crippen molar-refractivity contribution in [2.24, 2.45) is 5.10 Å². The summed E-state index contributed by atoms with van der Waals surface area (Å²) >= 11 is 0. The molecule has 0 aliphatic heterocycles. The highest BCUT2D eigenvalue weighted by molar-refractivity contribution is 5.86. The van der Waals surface area contributed by atoms with E-state index in [2.05, 4.69) is 16.4 Å². The Morgan fingerprint density at radius 1 is 1.24 bits per heavy atom. The van der Waals surface area contributed by atoms with Gasteiger partial charge in [-0.1, -0.05) is 18.1 Å². The molecule has 25 heavy (non-hydrogen) atoms. The number of ether oxygens (including phenoxy) is 2. The van der Waals surface area contributed by atoms with Crippen molar-refractivity contribution in [2.75, 3.05) is 18.6 Å². The van der Waals surface area contributed by atoms with Gasteiger partial charge in [0.2, 0.25) is 0 Å². The van der Waals surface area contributed by atoms with Gasteiger partial charge in [-0.15, -0.1) is 6.42 Å². The lowest BCUT2D eigenvalue weighted by Crippen LogP contribution is -2.21. The number of terminal acetylenes is 1. The van der Waals surface area contributed by atoms with E-state index in [1.807, 2.05) is 13.0 Å². The monoisotopic (exact) mass is 337 g/mol. The summed E-state index contributed by atoms with van der Waals surface area (Å²) in [6, 6.07) is 11.5. The van der Waals surface area contributed by atoms with Crippen molar-refractivity contribution in [1.82, 2.24) is 0 Å². The molecule has 0 bridgehead atoms. The molecular weight excluding hydrogens is 320 g/mol. The second-order valence-corrected chi connectivity index (χ2v) is 4.87. The maximum absolute atomic E-state index is 10.7. The Labute approximate surface area is 146 Å². The molecule has 0 aliphatic rings. The van der Waals surface area contributed by atoms with Crippen LogP contribution in [0.25, 0.3) is 0 Å². The molecular formula is C19H17N2O4-. The van der Waals surface area contributed by atoms with Crippen LogP contribution in [-0.2, 0) is 0 Å². The number of hydrazone groups is 1. The highest BCUT2D eigenvalue weighted by Gasteiger charge is 2.05. The van der Waals surface area contributed by atoms with Crippen LogP contribution in [0.15, 0.2) is 47.6 Å². The highest BCUT2D eigenvalue weighted by Crippen LogP contribution is 2.28. The lowest BCUT2D eigenvalue weighted by atomic mass is 10.2. The molecule has 6 nitrogen and oxygen atoms in total. The van der Waals surface area contributed by atoms with Gasteiger partial charge in [0.25, 0.3) is 0 Å². The summed E-state index contributed by atoms with van der Waals surface area (Å²) in [7, 11) is 0. The fraction of sp³-hybridized carbons (Fsp3) is 0.158. The third-order valence-corrected chi connectivity index (χ3v) is 3.11. The molecule has 0 radical (unpaired) electrons. The van der Waals surface area contributed by atoms with Gasteiger partial charge in [0.05, 0.1) is 24.5 Å². The van der Waals surface area contributed by atoms with Crippen molar-refractivity contribution in [3.8, 4) is 23.8 Å². The van der Waals surface area contributed by atoms with Crippen LogP contribution in [0.2, 0.25) is 0 Å². The summed E-state index contributed by atoms with van der Waals surface area (Å²) in [6.07, 6.45) is 6.81. The Morgan fingerprint density at radius 3 is 2.64 bits per heavy atom. The van der Waals surface area contributed by atoms with Crippen LogP contribution in [0.4, 0.5) is 5.69 Å². The molecule has 2 rings (SSSR count). The summed E-state index contributed by atoms with van der Waals surface area (Å²) in [6.45, 7) is 2.54. The van der Waals surface area contributed by atoms with Crippen LogP contribution in [0, 0.1) is 12.3 Å². The minimum atomic E-state index is -1.22. The zero-order valence-electron chi connectivity index (χ0n) is 13.7. The van der Waals surface area contributed by atoms with Gasteiger partial charge in [0.1, 0.15) is 6.61 Å². The van der Waals surface area contributed by atoms with Crippen LogP contribution >= 0.6 is 0 Å². The van der Waals surface area contributed by atoms with E-state index in [9.17, 15) is 9.90 Å². The molecule has 128 valence electrons. The molecule has 0 saturated heterocycles. The van der Waals surface area contributed by atoms with Gasteiger partial charge in [-0.3, -0.25) is 5.43 Å². The molecule has 0 saturated carbocycles. The Morgan fingerprint density at radius 2 is 2.00 bits per heavy atom. The SMILES string of the molecule is C#CCOc1ccc(/C=N\Nc2ccc(C(=O)[O-])cc2)cc1OCC. The van der Waals surface area contributed by atoms with E-state index in [0.717, 1.165) is 5.56 Å². The quantitative estimate of drug-likeness (QED) is 0.452. The lowest BCUT2D eigenvalue weighted by molar-refractivity contribution is -0.255. The van der Waals surface area contributed by atoms with E-state index < -0.39 is 5.97 Å². The van der Waals surface area contributed by atoms with Crippen LogP contribution in [0.3, 0.4) is 0 Å². The first-order chi connectivity index (χ1) is 12.1. The normalized spacial score (nSPS) is 10.2. The van der Waals surface area contributed by atoms with Crippen molar-refractivity contribution < 1.29 is 19.4 Å². The fourth-order valence-corrected chi connectivity index (χ4v) is 1.97. The molecule has 0 heterocycles. The maximum Gasteiger partial charge on any atom is 0.162 e. The zero-order valence-corrected chi connectivity index (χ0v) is 13.7. The second kappa shape index (κ2) is 8.99. The highest BCUT2D eigenvalue weighted by atomic mass is 16.5. The van der Waals surface area contributed by atoms with Crippen molar-refractivity contribution >= 4 is 17.9 Å². The standard InChI is InChI=1S/C19H18N2O4/c1-3-11-25-17-10-5-14(12-18(17)24-4-2)13-20-21-16-8-6-15(7-9-16)19(22)23/h1,5-10,12-13,21H,4,11H2,2H3,(H,22,23)/p-1/b20-13-. The number of hydrogen-bond acceptors (Lipinski definition) is 6. The summed E-state index contributed by atoms with van der Waals surface area (Å²) in [5, 5.41) is 14.8. The molecule has 1 N–H and O–H groups in total. The number of benzene rings is 2. The topological polar surface area (TPSA) is 83.0 Å². The Bertz CT molecular complexity index is 792. The van der Waals surface area contributed by atoms with Gasteiger partial charge < -0.3 is 19.4 Å². The molecule has 0 unspecified atom stereocenters. The summed E-state index contributed by atoms with van der Waals surface area (Å²) in [5.41, 5.74) is 4.38. The van der Waals surface area contributed by atoms with Crippen LogP contribution in [-0.4, -0.2) is 25.4 Å². The maximum atomic E-state index is 10.7. The second-order valence-electron chi connectivity index (χ2n) is 4.87.